The lowest BCUT2D eigenvalue weighted by atomic mass is 9.76. The van der Waals surface area contributed by atoms with Gasteiger partial charge in [-0.3, -0.25) is 4.79 Å². The second kappa shape index (κ2) is 5.96. The fraction of sp³-hybridized carbons (Fsp3) is 0.929. The van der Waals surface area contributed by atoms with Gasteiger partial charge in [-0.25, -0.2) is 0 Å². The van der Waals surface area contributed by atoms with Crippen LogP contribution in [0.4, 0.5) is 0 Å². The Balaban J connectivity index is 1.60. The van der Waals surface area contributed by atoms with Crippen molar-refractivity contribution in [2.45, 2.75) is 69.5 Å². The molecule has 0 aromatic carbocycles. The van der Waals surface area contributed by atoms with E-state index < -0.39 is 0 Å². The van der Waals surface area contributed by atoms with Gasteiger partial charge in [-0.1, -0.05) is 0 Å². The third kappa shape index (κ3) is 3.52. The van der Waals surface area contributed by atoms with E-state index in [1.165, 1.54) is 19.3 Å². The molecule has 1 saturated carbocycles. The molecule has 2 fully saturated rings. The van der Waals surface area contributed by atoms with Crippen LogP contribution in [0.3, 0.4) is 0 Å². The standard InChI is InChI=1S/C14H24O3/c1-16-14(8-4-9-14)11-12(15)5-2-6-13-7-3-10-17-13/h13H,2-11H2,1H3. The number of ketones is 1. The molecule has 0 aromatic heterocycles. The molecule has 98 valence electrons. The summed E-state index contributed by atoms with van der Waals surface area (Å²) in [7, 11) is 1.73. The molecule has 2 rings (SSSR count). The van der Waals surface area contributed by atoms with E-state index >= 15 is 0 Å². The molecule has 0 spiro atoms. The summed E-state index contributed by atoms with van der Waals surface area (Å²) in [5.74, 6) is 0.365. The first kappa shape index (κ1) is 13.0. The van der Waals surface area contributed by atoms with E-state index in [4.69, 9.17) is 9.47 Å². The number of hydrogen-bond acceptors (Lipinski definition) is 3. The monoisotopic (exact) mass is 240 g/mol. The van der Waals surface area contributed by atoms with Gasteiger partial charge in [0.05, 0.1) is 11.7 Å². The highest BCUT2D eigenvalue weighted by molar-refractivity contribution is 5.79. The maximum atomic E-state index is 11.9. The molecule has 3 nitrogen and oxygen atoms in total. The quantitative estimate of drug-likeness (QED) is 0.686. The van der Waals surface area contributed by atoms with Crippen LogP contribution in [0.5, 0.6) is 0 Å². The van der Waals surface area contributed by atoms with Crippen molar-refractivity contribution in [2.24, 2.45) is 0 Å². The summed E-state index contributed by atoms with van der Waals surface area (Å²) < 4.78 is 11.0. The van der Waals surface area contributed by atoms with Crippen LogP contribution in [0, 0.1) is 0 Å². The minimum Gasteiger partial charge on any atom is -0.378 e. The lowest BCUT2D eigenvalue weighted by molar-refractivity contribution is -0.132. The van der Waals surface area contributed by atoms with Crippen LogP contribution in [0.15, 0.2) is 0 Å². The van der Waals surface area contributed by atoms with E-state index in [1.54, 1.807) is 7.11 Å². The Morgan fingerprint density at radius 1 is 1.41 bits per heavy atom. The van der Waals surface area contributed by atoms with Crippen LogP contribution in [0.1, 0.15) is 57.8 Å². The van der Waals surface area contributed by atoms with Crippen LogP contribution < -0.4 is 0 Å². The lowest BCUT2D eigenvalue weighted by Gasteiger charge is -2.40. The fourth-order valence-electron chi connectivity index (χ4n) is 2.87. The molecule has 1 aliphatic heterocycles. The molecule has 0 aromatic rings. The van der Waals surface area contributed by atoms with Crippen LogP contribution in [-0.4, -0.2) is 31.2 Å². The molecule has 3 heteroatoms. The van der Waals surface area contributed by atoms with Gasteiger partial charge in [0.15, 0.2) is 0 Å². The van der Waals surface area contributed by atoms with Gasteiger partial charge in [-0.05, 0) is 44.9 Å². The number of carbonyl (C=O) groups excluding carboxylic acids is 1. The SMILES string of the molecule is COC1(CC(=O)CCCC2CCCO2)CCC1. The molecule has 1 unspecified atom stereocenters. The van der Waals surface area contributed by atoms with E-state index in [2.05, 4.69) is 0 Å². The zero-order valence-electron chi connectivity index (χ0n) is 10.9. The summed E-state index contributed by atoms with van der Waals surface area (Å²) >= 11 is 0. The molecule has 2 aliphatic rings. The first-order chi connectivity index (χ1) is 8.24. The molecule has 0 radical (unpaired) electrons. The van der Waals surface area contributed by atoms with Crippen molar-refractivity contribution in [1.82, 2.24) is 0 Å². The van der Waals surface area contributed by atoms with Gasteiger partial charge in [0, 0.05) is 26.6 Å². The summed E-state index contributed by atoms with van der Waals surface area (Å²) in [6.45, 7) is 0.908. The first-order valence-electron chi connectivity index (χ1n) is 6.93. The van der Waals surface area contributed by atoms with Crippen molar-refractivity contribution in [3.63, 3.8) is 0 Å². The van der Waals surface area contributed by atoms with Crippen molar-refractivity contribution < 1.29 is 14.3 Å². The third-order valence-corrected chi connectivity index (χ3v) is 4.22. The van der Waals surface area contributed by atoms with Gasteiger partial charge in [-0.15, -0.1) is 0 Å². The van der Waals surface area contributed by atoms with Gasteiger partial charge in [0.2, 0.25) is 0 Å². The summed E-state index contributed by atoms with van der Waals surface area (Å²) in [5, 5.41) is 0. The molecular weight excluding hydrogens is 216 g/mol. The zero-order chi connectivity index (χ0) is 12.1. The van der Waals surface area contributed by atoms with Crippen molar-refractivity contribution in [3.8, 4) is 0 Å². The average Bonchev–Trinajstić information content (AvgIpc) is 2.76. The molecule has 1 atom stereocenters. The molecule has 1 aliphatic carbocycles. The second-order valence-electron chi connectivity index (χ2n) is 5.48. The number of Topliss-reactive ketones (excluding diaryl/α,β-unsaturated/α-hetero) is 1. The molecule has 1 saturated heterocycles. The number of carbonyl (C=O) groups is 1. The smallest absolute Gasteiger partial charge is 0.135 e. The van der Waals surface area contributed by atoms with Gasteiger partial charge in [-0.2, -0.15) is 0 Å². The van der Waals surface area contributed by atoms with E-state index in [1.807, 2.05) is 0 Å². The summed E-state index contributed by atoms with van der Waals surface area (Å²) in [6, 6.07) is 0. The minimum absolute atomic E-state index is 0.0963. The Hall–Kier alpha value is -0.410. The van der Waals surface area contributed by atoms with Crippen LogP contribution >= 0.6 is 0 Å². The van der Waals surface area contributed by atoms with E-state index in [0.717, 1.165) is 32.3 Å². The summed E-state index contributed by atoms with van der Waals surface area (Å²) in [4.78, 5) is 11.9. The predicted molar refractivity (Wildman–Crippen MR) is 66.0 cm³/mol. The minimum atomic E-state index is -0.0963. The Bertz CT molecular complexity index is 247. The van der Waals surface area contributed by atoms with Crippen LogP contribution in [0.25, 0.3) is 0 Å². The second-order valence-corrected chi connectivity index (χ2v) is 5.48. The van der Waals surface area contributed by atoms with Crippen LogP contribution in [0.2, 0.25) is 0 Å². The highest BCUT2D eigenvalue weighted by atomic mass is 16.5. The molecule has 1 heterocycles. The third-order valence-electron chi connectivity index (χ3n) is 4.22. The Labute approximate surface area is 104 Å². The zero-order valence-corrected chi connectivity index (χ0v) is 10.9. The van der Waals surface area contributed by atoms with Crippen molar-refractivity contribution >= 4 is 5.78 Å². The molecule has 0 N–H and O–H groups in total. The number of methoxy groups -OCH3 is 1. The normalized spacial score (nSPS) is 26.8. The summed E-state index contributed by atoms with van der Waals surface area (Å²) in [5.41, 5.74) is -0.0963. The first-order valence-corrected chi connectivity index (χ1v) is 6.93. The van der Waals surface area contributed by atoms with Crippen molar-refractivity contribution in [3.05, 3.63) is 0 Å². The highest BCUT2D eigenvalue weighted by Gasteiger charge is 2.38. The molecule has 0 bridgehead atoms. The van der Waals surface area contributed by atoms with Gasteiger partial charge in [0.25, 0.3) is 0 Å². The number of rotatable bonds is 7. The predicted octanol–water partition coefficient (Wildman–Crippen LogP) is 2.86. The Morgan fingerprint density at radius 3 is 2.76 bits per heavy atom. The van der Waals surface area contributed by atoms with Gasteiger partial charge < -0.3 is 9.47 Å². The maximum absolute atomic E-state index is 11.9. The lowest BCUT2D eigenvalue weighted by Crippen LogP contribution is -2.41. The van der Waals surface area contributed by atoms with Gasteiger partial charge in [0.1, 0.15) is 5.78 Å². The molecular formula is C14H24O3. The maximum Gasteiger partial charge on any atom is 0.135 e. The Morgan fingerprint density at radius 2 is 2.24 bits per heavy atom. The van der Waals surface area contributed by atoms with Crippen molar-refractivity contribution in [2.75, 3.05) is 13.7 Å². The Kier molecular flexibility index (Phi) is 4.57. The van der Waals surface area contributed by atoms with E-state index in [0.29, 0.717) is 24.7 Å². The van der Waals surface area contributed by atoms with E-state index in [9.17, 15) is 4.79 Å². The fourth-order valence-corrected chi connectivity index (χ4v) is 2.87. The topological polar surface area (TPSA) is 35.5 Å². The molecule has 17 heavy (non-hydrogen) atoms. The number of hydrogen-bond donors (Lipinski definition) is 0. The average molecular weight is 240 g/mol. The largest absolute Gasteiger partial charge is 0.378 e. The summed E-state index contributed by atoms with van der Waals surface area (Å²) in [6.07, 6.45) is 9.44. The van der Waals surface area contributed by atoms with Crippen LogP contribution in [-0.2, 0) is 14.3 Å². The highest BCUT2D eigenvalue weighted by Crippen LogP contribution is 2.38. The van der Waals surface area contributed by atoms with Crippen molar-refractivity contribution in [1.29, 1.82) is 0 Å². The van der Waals surface area contributed by atoms with Gasteiger partial charge >= 0.3 is 0 Å². The number of ether oxygens (including phenoxy) is 2. The van der Waals surface area contributed by atoms with E-state index in [-0.39, 0.29) is 5.60 Å². The molecule has 0 amide bonds.